The first-order valence-corrected chi connectivity index (χ1v) is 5.73. The number of aryl methyl sites for hydroxylation is 1. The van der Waals surface area contributed by atoms with Crippen LogP contribution in [0.5, 0.6) is 0 Å². The third kappa shape index (κ3) is 1.96. The third-order valence-electron chi connectivity index (χ3n) is 2.12. The molecule has 16 heavy (non-hydrogen) atoms. The van der Waals surface area contributed by atoms with Crippen LogP contribution in [-0.4, -0.2) is 26.7 Å². The van der Waals surface area contributed by atoms with Gasteiger partial charge < -0.3 is 5.11 Å². The molecule has 2 heterocycles. The molecule has 82 valence electrons. The van der Waals surface area contributed by atoms with E-state index in [0.29, 0.717) is 18.7 Å². The fraction of sp³-hybridized carbons (Fsp3) is 0.300. The van der Waals surface area contributed by atoms with E-state index >= 15 is 0 Å². The predicted molar refractivity (Wildman–Crippen MR) is 59.8 cm³/mol. The van der Waals surface area contributed by atoms with Crippen LogP contribution in [0.1, 0.15) is 12.1 Å². The van der Waals surface area contributed by atoms with Crippen molar-refractivity contribution in [2.45, 2.75) is 13.0 Å². The lowest BCUT2D eigenvalue weighted by molar-refractivity contribution is 0.276. The fourth-order valence-corrected chi connectivity index (χ4v) is 2.20. The van der Waals surface area contributed by atoms with Gasteiger partial charge in [-0.15, -0.1) is 16.4 Å². The number of aliphatic hydroxyl groups excluding tert-OH is 1. The number of nitrogens with zero attached hydrogens (tertiary/aromatic N) is 4. The summed E-state index contributed by atoms with van der Waals surface area (Å²) in [4.78, 5) is 0.972. The maximum absolute atomic E-state index is 8.95. The zero-order chi connectivity index (χ0) is 11.4. The van der Waals surface area contributed by atoms with Gasteiger partial charge in [0.2, 0.25) is 0 Å². The van der Waals surface area contributed by atoms with Gasteiger partial charge in [-0.3, -0.25) is 0 Å². The first kappa shape index (κ1) is 10.8. The molecular formula is C10H10N4OS. The minimum absolute atomic E-state index is 0.103. The van der Waals surface area contributed by atoms with Crippen molar-refractivity contribution in [3.05, 3.63) is 23.2 Å². The Labute approximate surface area is 96.6 Å². The van der Waals surface area contributed by atoms with Crippen molar-refractivity contribution in [2.24, 2.45) is 0 Å². The molecule has 2 aromatic heterocycles. The van der Waals surface area contributed by atoms with E-state index in [1.165, 1.54) is 0 Å². The van der Waals surface area contributed by atoms with Crippen LogP contribution in [0.25, 0.3) is 10.6 Å². The molecule has 0 amide bonds. The highest BCUT2D eigenvalue weighted by Gasteiger charge is 2.14. The van der Waals surface area contributed by atoms with Gasteiger partial charge in [-0.1, -0.05) is 11.3 Å². The standard InChI is InChI=1S/C10H10N4OS/c11-7-8-10(9-3-1-6-16-9)14(13-12-8)4-2-5-15/h1,3,6,15H,2,4-5H2. The Kier molecular flexibility index (Phi) is 3.29. The van der Waals surface area contributed by atoms with Crippen LogP contribution in [0.15, 0.2) is 17.5 Å². The summed E-state index contributed by atoms with van der Waals surface area (Å²) in [7, 11) is 0. The second-order valence-corrected chi connectivity index (χ2v) is 4.12. The first-order valence-electron chi connectivity index (χ1n) is 4.85. The Hall–Kier alpha value is -1.71. The van der Waals surface area contributed by atoms with E-state index in [2.05, 4.69) is 10.3 Å². The van der Waals surface area contributed by atoms with E-state index in [-0.39, 0.29) is 6.61 Å². The minimum atomic E-state index is 0.103. The van der Waals surface area contributed by atoms with Gasteiger partial charge in [0.25, 0.3) is 0 Å². The lowest BCUT2D eigenvalue weighted by Gasteiger charge is -2.02. The molecule has 0 bridgehead atoms. The maximum Gasteiger partial charge on any atom is 0.191 e. The highest BCUT2D eigenvalue weighted by molar-refractivity contribution is 7.13. The molecule has 5 nitrogen and oxygen atoms in total. The van der Waals surface area contributed by atoms with Crippen molar-refractivity contribution in [1.82, 2.24) is 15.0 Å². The summed E-state index contributed by atoms with van der Waals surface area (Å²) in [5.41, 5.74) is 1.08. The topological polar surface area (TPSA) is 74.7 Å². The van der Waals surface area contributed by atoms with Crippen LogP contribution < -0.4 is 0 Å². The monoisotopic (exact) mass is 234 g/mol. The van der Waals surface area contributed by atoms with E-state index in [4.69, 9.17) is 10.4 Å². The smallest absolute Gasteiger partial charge is 0.191 e. The average molecular weight is 234 g/mol. The molecule has 0 atom stereocenters. The molecule has 0 aromatic carbocycles. The highest BCUT2D eigenvalue weighted by Crippen LogP contribution is 2.26. The first-order chi connectivity index (χ1) is 7.86. The molecule has 0 unspecified atom stereocenters. The number of hydrogen-bond donors (Lipinski definition) is 1. The Balaban J connectivity index is 2.40. The normalized spacial score (nSPS) is 10.2. The fourth-order valence-electron chi connectivity index (χ4n) is 1.42. The van der Waals surface area contributed by atoms with Crippen molar-refractivity contribution in [3.8, 4) is 16.6 Å². The van der Waals surface area contributed by atoms with Gasteiger partial charge in [-0.05, 0) is 17.9 Å². The van der Waals surface area contributed by atoms with Crippen molar-refractivity contribution in [3.63, 3.8) is 0 Å². The number of nitriles is 1. The zero-order valence-corrected chi connectivity index (χ0v) is 9.31. The second-order valence-electron chi connectivity index (χ2n) is 3.18. The third-order valence-corrected chi connectivity index (χ3v) is 3.00. The predicted octanol–water partition coefficient (Wildman–Crippen LogP) is 1.26. The van der Waals surface area contributed by atoms with Crippen molar-refractivity contribution < 1.29 is 5.11 Å². The summed E-state index contributed by atoms with van der Waals surface area (Å²) in [6, 6.07) is 5.88. The number of thiophene rings is 1. The Bertz CT molecular complexity index is 497. The molecule has 0 radical (unpaired) electrons. The molecule has 0 saturated carbocycles. The number of rotatable bonds is 4. The molecule has 0 saturated heterocycles. The Morgan fingerprint density at radius 2 is 2.44 bits per heavy atom. The molecule has 2 rings (SSSR count). The summed E-state index contributed by atoms with van der Waals surface area (Å²) in [5.74, 6) is 0. The molecule has 0 spiro atoms. The van der Waals surface area contributed by atoms with E-state index in [1.807, 2.05) is 23.6 Å². The Morgan fingerprint density at radius 1 is 1.56 bits per heavy atom. The van der Waals surface area contributed by atoms with Gasteiger partial charge in [-0.2, -0.15) is 5.26 Å². The molecule has 1 N–H and O–H groups in total. The van der Waals surface area contributed by atoms with Crippen molar-refractivity contribution in [1.29, 1.82) is 5.26 Å². The van der Waals surface area contributed by atoms with Gasteiger partial charge in [0.15, 0.2) is 5.69 Å². The van der Waals surface area contributed by atoms with Gasteiger partial charge in [-0.25, -0.2) is 4.68 Å². The average Bonchev–Trinajstić information content (AvgIpc) is 2.94. The van der Waals surface area contributed by atoms with Crippen LogP contribution in [0.2, 0.25) is 0 Å². The summed E-state index contributed by atoms with van der Waals surface area (Å²) in [6.07, 6.45) is 0.604. The minimum Gasteiger partial charge on any atom is -0.396 e. The molecule has 0 fully saturated rings. The van der Waals surface area contributed by atoms with E-state index in [9.17, 15) is 0 Å². The zero-order valence-electron chi connectivity index (χ0n) is 8.50. The van der Waals surface area contributed by atoms with E-state index in [1.54, 1.807) is 16.0 Å². The van der Waals surface area contributed by atoms with Gasteiger partial charge in [0.1, 0.15) is 11.8 Å². The van der Waals surface area contributed by atoms with Crippen LogP contribution in [0.3, 0.4) is 0 Å². The number of aliphatic hydroxyl groups is 1. The molecular weight excluding hydrogens is 224 g/mol. The van der Waals surface area contributed by atoms with E-state index < -0.39 is 0 Å². The molecule has 6 heteroatoms. The largest absolute Gasteiger partial charge is 0.396 e. The van der Waals surface area contributed by atoms with Crippen LogP contribution >= 0.6 is 11.3 Å². The highest BCUT2D eigenvalue weighted by atomic mass is 32.1. The number of hydrogen-bond acceptors (Lipinski definition) is 5. The summed E-state index contributed by atoms with van der Waals surface area (Å²) in [6.45, 7) is 0.671. The molecule has 0 aliphatic heterocycles. The van der Waals surface area contributed by atoms with Crippen LogP contribution in [-0.2, 0) is 6.54 Å². The van der Waals surface area contributed by atoms with Crippen molar-refractivity contribution >= 4 is 11.3 Å². The van der Waals surface area contributed by atoms with Gasteiger partial charge in [0, 0.05) is 13.2 Å². The number of aromatic nitrogens is 3. The SMILES string of the molecule is N#Cc1nnn(CCCO)c1-c1cccs1. The molecule has 2 aromatic rings. The molecule has 0 aliphatic carbocycles. The van der Waals surface area contributed by atoms with Gasteiger partial charge >= 0.3 is 0 Å². The maximum atomic E-state index is 8.95. The lowest BCUT2D eigenvalue weighted by Crippen LogP contribution is -2.04. The summed E-state index contributed by atoms with van der Waals surface area (Å²) < 4.78 is 1.67. The van der Waals surface area contributed by atoms with Crippen molar-refractivity contribution in [2.75, 3.05) is 6.61 Å². The van der Waals surface area contributed by atoms with E-state index in [0.717, 1.165) is 10.6 Å². The summed E-state index contributed by atoms with van der Waals surface area (Å²) >= 11 is 1.54. The van der Waals surface area contributed by atoms with Gasteiger partial charge in [0.05, 0.1) is 4.88 Å². The Morgan fingerprint density at radius 3 is 3.06 bits per heavy atom. The van der Waals surface area contributed by atoms with Crippen LogP contribution in [0.4, 0.5) is 0 Å². The lowest BCUT2D eigenvalue weighted by atomic mass is 10.3. The summed E-state index contributed by atoms with van der Waals surface area (Å²) in [5, 5.41) is 27.4. The van der Waals surface area contributed by atoms with Crippen LogP contribution in [0, 0.1) is 11.3 Å². The molecule has 0 aliphatic rings. The second kappa shape index (κ2) is 4.88. The quantitative estimate of drug-likeness (QED) is 0.864.